The van der Waals surface area contributed by atoms with Crippen molar-refractivity contribution in [2.75, 3.05) is 5.73 Å². The number of oxazole rings is 1. The molecule has 0 aliphatic rings. The fraction of sp³-hybridized carbons (Fsp3) is 0. The lowest BCUT2D eigenvalue weighted by atomic mass is 10.5. The minimum atomic E-state index is 0.149. The van der Waals surface area contributed by atoms with Gasteiger partial charge in [0, 0.05) is 12.4 Å². The molecule has 0 radical (unpaired) electrons. The molecule has 11 heavy (non-hydrogen) atoms. The molecule has 2 heterocycles. The zero-order chi connectivity index (χ0) is 7.68. The van der Waals surface area contributed by atoms with E-state index in [0.717, 1.165) is 0 Å². The summed E-state index contributed by atoms with van der Waals surface area (Å²) in [5, 5.41) is 0. The zero-order valence-corrected chi connectivity index (χ0v) is 5.61. The first-order valence-corrected chi connectivity index (χ1v) is 3.07. The first kappa shape index (κ1) is 5.96. The molecule has 0 atom stereocenters. The second kappa shape index (κ2) is 2.12. The lowest BCUT2D eigenvalue weighted by molar-refractivity contribution is 0.590. The number of nitrogens with two attached hydrogens (primary N) is 1. The van der Waals surface area contributed by atoms with E-state index in [-0.39, 0.29) is 6.01 Å². The van der Waals surface area contributed by atoms with Crippen LogP contribution in [0.3, 0.4) is 0 Å². The average molecular weight is 150 g/mol. The van der Waals surface area contributed by atoms with Gasteiger partial charge in [0.25, 0.3) is 6.01 Å². The van der Waals surface area contributed by atoms with Crippen LogP contribution in [0.15, 0.2) is 23.0 Å². The Morgan fingerprint density at radius 1 is 1.45 bits per heavy atom. The normalized spacial score (nSPS) is 10.2. The highest BCUT2D eigenvalue weighted by molar-refractivity contribution is 5.45. The van der Waals surface area contributed by atoms with Crippen LogP contribution in [0.5, 0.6) is 0 Å². The Balaban J connectivity index is 2.45. The van der Waals surface area contributed by atoms with Crippen molar-refractivity contribution in [3.05, 3.63) is 18.6 Å². The first-order chi connectivity index (χ1) is 5.36. The number of H-pyrrole nitrogens is 1. The molecule has 0 aliphatic heterocycles. The van der Waals surface area contributed by atoms with Gasteiger partial charge < -0.3 is 15.1 Å². The first-order valence-electron chi connectivity index (χ1n) is 3.07. The largest absolute Gasteiger partial charge is 0.420 e. The van der Waals surface area contributed by atoms with Crippen molar-refractivity contribution in [1.82, 2.24) is 15.0 Å². The van der Waals surface area contributed by atoms with Gasteiger partial charge in [-0.2, -0.15) is 0 Å². The van der Waals surface area contributed by atoms with Gasteiger partial charge in [0.2, 0.25) is 0 Å². The number of nitrogens with one attached hydrogen (secondary N) is 1. The lowest BCUT2D eigenvalue weighted by Crippen LogP contribution is -1.80. The number of anilines is 1. The molecule has 2 rings (SSSR count). The van der Waals surface area contributed by atoms with E-state index in [9.17, 15) is 0 Å². The van der Waals surface area contributed by atoms with Crippen molar-refractivity contribution in [2.45, 2.75) is 0 Å². The van der Waals surface area contributed by atoms with Crippen LogP contribution >= 0.6 is 0 Å². The SMILES string of the molecule is Nc1ncc(-c2ncc[nH]2)o1. The van der Waals surface area contributed by atoms with Gasteiger partial charge in [-0.1, -0.05) is 0 Å². The highest BCUT2D eigenvalue weighted by Crippen LogP contribution is 2.15. The van der Waals surface area contributed by atoms with Gasteiger partial charge in [-0.25, -0.2) is 9.97 Å². The molecule has 2 aromatic heterocycles. The maximum atomic E-state index is 5.27. The molecule has 3 N–H and O–H groups in total. The lowest BCUT2D eigenvalue weighted by Gasteiger charge is -1.84. The van der Waals surface area contributed by atoms with E-state index in [1.54, 1.807) is 12.4 Å². The van der Waals surface area contributed by atoms with E-state index in [0.29, 0.717) is 11.6 Å². The number of imidazole rings is 1. The zero-order valence-electron chi connectivity index (χ0n) is 5.61. The van der Waals surface area contributed by atoms with Crippen LogP contribution in [0.4, 0.5) is 6.01 Å². The van der Waals surface area contributed by atoms with Gasteiger partial charge in [-0.15, -0.1) is 0 Å². The van der Waals surface area contributed by atoms with E-state index in [4.69, 9.17) is 10.2 Å². The summed E-state index contributed by atoms with van der Waals surface area (Å²) < 4.78 is 5.00. The summed E-state index contributed by atoms with van der Waals surface area (Å²) in [6.45, 7) is 0. The molecule has 0 spiro atoms. The smallest absolute Gasteiger partial charge is 0.292 e. The van der Waals surface area contributed by atoms with Crippen LogP contribution in [0.25, 0.3) is 11.6 Å². The third-order valence-electron chi connectivity index (χ3n) is 1.26. The van der Waals surface area contributed by atoms with E-state index in [2.05, 4.69) is 15.0 Å². The topological polar surface area (TPSA) is 80.7 Å². The Bertz CT molecular complexity index is 337. The fourth-order valence-electron chi connectivity index (χ4n) is 0.797. The minimum absolute atomic E-state index is 0.149. The summed E-state index contributed by atoms with van der Waals surface area (Å²) in [5.41, 5.74) is 5.27. The molecule has 0 unspecified atom stereocenters. The molecule has 0 bridgehead atoms. The molecule has 5 heteroatoms. The minimum Gasteiger partial charge on any atom is -0.420 e. The van der Waals surface area contributed by atoms with Gasteiger partial charge in [0.05, 0.1) is 6.20 Å². The van der Waals surface area contributed by atoms with Crippen LogP contribution in [-0.4, -0.2) is 15.0 Å². The second-order valence-corrected chi connectivity index (χ2v) is 2.00. The van der Waals surface area contributed by atoms with Crippen LogP contribution in [0, 0.1) is 0 Å². The molecule has 0 aliphatic carbocycles. The van der Waals surface area contributed by atoms with Crippen molar-refractivity contribution < 1.29 is 4.42 Å². The van der Waals surface area contributed by atoms with Crippen molar-refractivity contribution in [2.24, 2.45) is 0 Å². The molecule has 0 amide bonds. The van der Waals surface area contributed by atoms with E-state index in [1.165, 1.54) is 6.20 Å². The Hall–Kier alpha value is -1.78. The number of rotatable bonds is 1. The van der Waals surface area contributed by atoms with E-state index in [1.807, 2.05) is 0 Å². The molecule has 56 valence electrons. The third-order valence-corrected chi connectivity index (χ3v) is 1.26. The van der Waals surface area contributed by atoms with Gasteiger partial charge in [-0.3, -0.25) is 0 Å². The number of hydrogen-bond acceptors (Lipinski definition) is 4. The molecular formula is C6H6N4O. The maximum Gasteiger partial charge on any atom is 0.292 e. The predicted molar refractivity (Wildman–Crippen MR) is 38.5 cm³/mol. The summed E-state index contributed by atoms with van der Waals surface area (Å²) in [4.78, 5) is 10.5. The summed E-state index contributed by atoms with van der Waals surface area (Å²) in [6.07, 6.45) is 4.86. The van der Waals surface area contributed by atoms with Gasteiger partial charge >= 0.3 is 0 Å². The van der Waals surface area contributed by atoms with Gasteiger partial charge in [0.15, 0.2) is 11.6 Å². The second-order valence-electron chi connectivity index (χ2n) is 2.00. The maximum absolute atomic E-state index is 5.27. The summed E-state index contributed by atoms with van der Waals surface area (Å²) in [7, 11) is 0. The molecule has 0 fully saturated rings. The highest BCUT2D eigenvalue weighted by Gasteiger charge is 2.04. The van der Waals surface area contributed by atoms with Crippen molar-refractivity contribution in [3.8, 4) is 11.6 Å². The standard InChI is InChI=1S/C6H6N4O/c7-6-10-3-4(11-6)5-8-1-2-9-5/h1-3H,(H2,7,10)(H,8,9). The number of aromatic nitrogens is 3. The third kappa shape index (κ3) is 0.958. The molecule has 0 aromatic carbocycles. The summed E-state index contributed by atoms with van der Waals surface area (Å²) in [6, 6.07) is 0.149. The fourth-order valence-corrected chi connectivity index (χ4v) is 0.797. The summed E-state index contributed by atoms with van der Waals surface area (Å²) in [5.74, 6) is 1.18. The number of aromatic amines is 1. The van der Waals surface area contributed by atoms with Crippen LogP contribution in [0.2, 0.25) is 0 Å². The van der Waals surface area contributed by atoms with Gasteiger partial charge in [-0.05, 0) is 0 Å². The molecule has 0 saturated heterocycles. The Morgan fingerprint density at radius 2 is 2.36 bits per heavy atom. The van der Waals surface area contributed by atoms with Crippen molar-refractivity contribution >= 4 is 6.01 Å². The Labute approximate surface area is 62.3 Å². The molecule has 0 saturated carbocycles. The highest BCUT2D eigenvalue weighted by atomic mass is 16.4. The van der Waals surface area contributed by atoms with Crippen molar-refractivity contribution in [1.29, 1.82) is 0 Å². The van der Waals surface area contributed by atoms with Crippen LogP contribution in [0.1, 0.15) is 0 Å². The van der Waals surface area contributed by atoms with E-state index < -0.39 is 0 Å². The number of nitrogen functional groups attached to an aromatic ring is 1. The molecule has 2 aromatic rings. The van der Waals surface area contributed by atoms with Crippen LogP contribution in [-0.2, 0) is 0 Å². The number of hydrogen-bond donors (Lipinski definition) is 2. The monoisotopic (exact) mass is 150 g/mol. The molecular weight excluding hydrogens is 144 g/mol. The Morgan fingerprint density at radius 3 is 2.91 bits per heavy atom. The van der Waals surface area contributed by atoms with Crippen molar-refractivity contribution in [3.63, 3.8) is 0 Å². The summed E-state index contributed by atoms with van der Waals surface area (Å²) >= 11 is 0. The predicted octanol–water partition coefficient (Wildman–Crippen LogP) is 0.647. The van der Waals surface area contributed by atoms with E-state index >= 15 is 0 Å². The quantitative estimate of drug-likeness (QED) is 0.625. The number of nitrogens with zero attached hydrogens (tertiary/aromatic N) is 2. The Kier molecular flexibility index (Phi) is 1.15. The van der Waals surface area contributed by atoms with Crippen LogP contribution < -0.4 is 5.73 Å². The average Bonchev–Trinajstić information content (AvgIpc) is 2.55. The van der Waals surface area contributed by atoms with Gasteiger partial charge in [0.1, 0.15) is 0 Å². The molecule has 5 nitrogen and oxygen atoms in total.